The van der Waals surface area contributed by atoms with Crippen LogP contribution in [0.4, 0.5) is 5.69 Å². The van der Waals surface area contributed by atoms with Crippen LogP contribution in [-0.4, -0.2) is 25.7 Å². The Morgan fingerprint density at radius 2 is 2.27 bits per heavy atom. The first-order chi connectivity index (χ1) is 7.43. The van der Waals surface area contributed by atoms with Gasteiger partial charge in [-0.25, -0.2) is 0 Å². The van der Waals surface area contributed by atoms with Crippen molar-refractivity contribution >= 4 is 5.69 Å². The zero-order chi connectivity index (χ0) is 10.1. The average Bonchev–Trinajstić information content (AvgIpc) is 2.89. The standard InChI is InChI=1S/C13H18N2/c1-2-6-13-11(4-1)7-9-15(13)10-12-5-3-8-14-12/h1-2,4,6,12,14H,3,5,7-10H2. The Bertz CT molecular complexity index is 342. The summed E-state index contributed by atoms with van der Waals surface area (Å²) in [6, 6.07) is 9.54. The van der Waals surface area contributed by atoms with Crippen LogP contribution in [0, 0.1) is 0 Å². The van der Waals surface area contributed by atoms with Crippen molar-refractivity contribution in [3.05, 3.63) is 29.8 Å². The van der Waals surface area contributed by atoms with Gasteiger partial charge < -0.3 is 10.2 Å². The molecule has 80 valence electrons. The van der Waals surface area contributed by atoms with E-state index in [0.717, 1.165) is 6.04 Å². The molecule has 0 aliphatic carbocycles. The second-order valence-electron chi connectivity index (χ2n) is 4.62. The highest BCUT2D eigenvalue weighted by atomic mass is 15.2. The first kappa shape index (κ1) is 9.22. The van der Waals surface area contributed by atoms with E-state index in [1.165, 1.54) is 50.1 Å². The summed E-state index contributed by atoms with van der Waals surface area (Å²) in [6.45, 7) is 3.61. The van der Waals surface area contributed by atoms with E-state index in [4.69, 9.17) is 0 Å². The number of nitrogens with one attached hydrogen (secondary N) is 1. The molecule has 0 saturated carbocycles. The molecule has 0 radical (unpaired) electrons. The summed E-state index contributed by atoms with van der Waals surface area (Å²) in [6.07, 6.45) is 3.92. The predicted octanol–water partition coefficient (Wildman–Crippen LogP) is 1.80. The van der Waals surface area contributed by atoms with Crippen molar-refractivity contribution in [1.82, 2.24) is 5.32 Å². The van der Waals surface area contributed by atoms with Gasteiger partial charge in [0.15, 0.2) is 0 Å². The molecule has 0 aromatic heterocycles. The predicted molar refractivity (Wildman–Crippen MR) is 63.4 cm³/mol. The minimum Gasteiger partial charge on any atom is -0.369 e. The molecule has 0 amide bonds. The van der Waals surface area contributed by atoms with Gasteiger partial charge in [-0.1, -0.05) is 18.2 Å². The minimum atomic E-state index is 0.719. The van der Waals surface area contributed by atoms with E-state index in [2.05, 4.69) is 34.5 Å². The molecule has 1 aromatic rings. The first-order valence-corrected chi connectivity index (χ1v) is 6.00. The van der Waals surface area contributed by atoms with E-state index < -0.39 is 0 Å². The molecule has 0 spiro atoms. The van der Waals surface area contributed by atoms with E-state index in [0.29, 0.717) is 0 Å². The Kier molecular flexibility index (Phi) is 2.37. The Labute approximate surface area is 91.3 Å². The molecular weight excluding hydrogens is 184 g/mol. The number of rotatable bonds is 2. The van der Waals surface area contributed by atoms with Crippen molar-refractivity contribution in [1.29, 1.82) is 0 Å². The Morgan fingerprint density at radius 1 is 1.33 bits per heavy atom. The monoisotopic (exact) mass is 202 g/mol. The van der Waals surface area contributed by atoms with Crippen LogP contribution in [0.25, 0.3) is 0 Å². The summed E-state index contributed by atoms with van der Waals surface area (Å²) in [5.74, 6) is 0. The number of anilines is 1. The third-order valence-electron chi connectivity index (χ3n) is 3.59. The maximum Gasteiger partial charge on any atom is 0.0400 e. The highest BCUT2D eigenvalue weighted by molar-refractivity contribution is 5.57. The van der Waals surface area contributed by atoms with Gasteiger partial charge in [0, 0.05) is 24.8 Å². The maximum atomic E-state index is 3.57. The largest absolute Gasteiger partial charge is 0.369 e. The van der Waals surface area contributed by atoms with Gasteiger partial charge in [-0.2, -0.15) is 0 Å². The van der Waals surface area contributed by atoms with Crippen molar-refractivity contribution < 1.29 is 0 Å². The molecule has 0 bridgehead atoms. The fraction of sp³-hybridized carbons (Fsp3) is 0.538. The van der Waals surface area contributed by atoms with Crippen molar-refractivity contribution in [2.24, 2.45) is 0 Å². The Balaban J connectivity index is 1.73. The van der Waals surface area contributed by atoms with E-state index in [9.17, 15) is 0 Å². The third-order valence-corrected chi connectivity index (χ3v) is 3.59. The number of benzene rings is 1. The van der Waals surface area contributed by atoms with Gasteiger partial charge in [0.2, 0.25) is 0 Å². The van der Waals surface area contributed by atoms with Gasteiger partial charge >= 0.3 is 0 Å². The molecule has 3 rings (SSSR count). The van der Waals surface area contributed by atoms with Crippen LogP contribution in [0.5, 0.6) is 0 Å². The number of hydrogen-bond acceptors (Lipinski definition) is 2. The number of fused-ring (bicyclic) bond motifs is 1. The lowest BCUT2D eigenvalue weighted by Gasteiger charge is -2.23. The molecule has 15 heavy (non-hydrogen) atoms. The lowest BCUT2D eigenvalue weighted by Crippen LogP contribution is -2.36. The summed E-state index contributed by atoms with van der Waals surface area (Å²) in [5.41, 5.74) is 2.99. The van der Waals surface area contributed by atoms with Crippen molar-refractivity contribution in [2.75, 3.05) is 24.5 Å². The molecule has 1 aromatic carbocycles. The van der Waals surface area contributed by atoms with Gasteiger partial charge in [0.1, 0.15) is 0 Å². The summed E-state index contributed by atoms with van der Waals surface area (Å²) in [7, 11) is 0. The average molecular weight is 202 g/mol. The lowest BCUT2D eigenvalue weighted by molar-refractivity contribution is 0.589. The summed E-state index contributed by atoms with van der Waals surface area (Å²) in [5, 5.41) is 3.57. The van der Waals surface area contributed by atoms with Crippen LogP contribution in [0.15, 0.2) is 24.3 Å². The van der Waals surface area contributed by atoms with Crippen molar-refractivity contribution in [2.45, 2.75) is 25.3 Å². The number of para-hydroxylation sites is 1. The summed E-state index contributed by atoms with van der Waals surface area (Å²) < 4.78 is 0. The zero-order valence-electron chi connectivity index (χ0n) is 9.08. The maximum absolute atomic E-state index is 3.57. The molecule has 1 fully saturated rings. The van der Waals surface area contributed by atoms with Gasteiger partial charge in [0.05, 0.1) is 0 Å². The molecule has 1 saturated heterocycles. The van der Waals surface area contributed by atoms with Gasteiger partial charge in [-0.05, 0) is 37.4 Å². The van der Waals surface area contributed by atoms with Crippen LogP contribution < -0.4 is 10.2 Å². The summed E-state index contributed by atoms with van der Waals surface area (Å²) >= 11 is 0. The van der Waals surface area contributed by atoms with Crippen molar-refractivity contribution in [3.63, 3.8) is 0 Å². The Morgan fingerprint density at radius 3 is 3.13 bits per heavy atom. The molecule has 2 aliphatic heterocycles. The van der Waals surface area contributed by atoms with E-state index in [-0.39, 0.29) is 0 Å². The molecule has 2 heteroatoms. The highest BCUT2D eigenvalue weighted by Gasteiger charge is 2.22. The molecule has 2 aliphatic rings. The first-order valence-electron chi connectivity index (χ1n) is 6.00. The lowest BCUT2D eigenvalue weighted by atomic mass is 10.2. The normalized spacial score (nSPS) is 24.5. The van der Waals surface area contributed by atoms with Crippen LogP contribution in [0.3, 0.4) is 0 Å². The molecule has 1 unspecified atom stereocenters. The fourth-order valence-electron chi connectivity index (χ4n) is 2.77. The second-order valence-corrected chi connectivity index (χ2v) is 4.62. The SMILES string of the molecule is c1ccc2c(c1)CCN2CC1CCCN1. The van der Waals surface area contributed by atoms with Crippen LogP contribution in [0.2, 0.25) is 0 Å². The molecule has 1 atom stereocenters. The van der Waals surface area contributed by atoms with Crippen LogP contribution >= 0.6 is 0 Å². The highest BCUT2D eigenvalue weighted by Crippen LogP contribution is 2.27. The molecular formula is C13H18N2. The van der Waals surface area contributed by atoms with Crippen LogP contribution in [-0.2, 0) is 6.42 Å². The fourth-order valence-corrected chi connectivity index (χ4v) is 2.77. The smallest absolute Gasteiger partial charge is 0.0400 e. The molecule has 2 heterocycles. The summed E-state index contributed by atoms with van der Waals surface area (Å²) in [4.78, 5) is 2.54. The van der Waals surface area contributed by atoms with E-state index in [1.54, 1.807) is 0 Å². The van der Waals surface area contributed by atoms with Gasteiger partial charge in [-0.3, -0.25) is 0 Å². The minimum absolute atomic E-state index is 0.719. The molecule has 1 N–H and O–H groups in total. The topological polar surface area (TPSA) is 15.3 Å². The number of hydrogen-bond donors (Lipinski definition) is 1. The van der Waals surface area contributed by atoms with Gasteiger partial charge in [-0.15, -0.1) is 0 Å². The van der Waals surface area contributed by atoms with E-state index >= 15 is 0 Å². The Hall–Kier alpha value is -1.02. The number of nitrogens with zero attached hydrogens (tertiary/aromatic N) is 1. The quantitative estimate of drug-likeness (QED) is 0.786. The van der Waals surface area contributed by atoms with Gasteiger partial charge in [0.25, 0.3) is 0 Å². The van der Waals surface area contributed by atoms with E-state index in [1.807, 2.05) is 0 Å². The zero-order valence-corrected chi connectivity index (χ0v) is 9.08. The molecule has 2 nitrogen and oxygen atoms in total. The van der Waals surface area contributed by atoms with Crippen molar-refractivity contribution in [3.8, 4) is 0 Å². The van der Waals surface area contributed by atoms with Crippen LogP contribution in [0.1, 0.15) is 18.4 Å². The third kappa shape index (κ3) is 1.74. The second kappa shape index (κ2) is 3.86.